The van der Waals surface area contributed by atoms with E-state index in [9.17, 15) is 19.7 Å². The number of nitrogens with zero attached hydrogens (tertiary/aromatic N) is 3. The molecule has 30 heavy (non-hydrogen) atoms. The average molecular weight is 473 g/mol. The van der Waals surface area contributed by atoms with Gasteiger partial charge in [0.1, 0.15) is 5.56 Å². The summed E-state index contributed by atoms with van der Waals surface area (Å²) in [5.74, 6) is -1.24. The van der Waals surface area contributed by atoms with Crippen molar-refractivity contribution in [3.05, 3.63) is 80.1 Å². The summed E-state index contributed by atoms with van der Waals surface area (Å²) in [6.45, 7) is 2.92. The Balaban J connectivity index is 1.67. The molecule has 0 saturated carbocycles. The number of para-hydroxylation sites is 1. The molecule has 0 aliphatic carbocycles. The highest BCUT2D eigenvalue weighted by Crippen LogP contribution is 2.27. The van der Waals surface area contributed by atoms with E-state index >= 15 is 0 Å². The van der Waals surface area contributed by atoms with Crippen LogP contribution in [0.4, 0.5) is 11.4 Å². The quantitative estimate of drug-likeness (QED) is 0.329. The van der Waals surface area contributed by atoms with Crippen LogP contribution in [0.25, 0.3) is 5.69 Å². The van der Waals surface area contributed by atoms with Crippen LogP contribution in [0.1, 0.15) is 21.7 Å². The van der Waals surface area contributed by atoms with Gasteiger partial charge in [0.05, 0.1) is 27.7 Å². The second-order valence-electron chi connectivity index (χ2n) is 6.34. The van der Waals surface area contributed by atoms with Crippen molar-refractivity contribution >= 4 is 39.2 Å². The summed E-state index contributed by atoms with van der Waals surface area (Å²) in [6.07, 6.45) is 0. The summed E-state index contributed by atoms with van der Waals surface area (Å²) in [6, 6.07) is 13.3. The van der Waals surface area contributed by atoms with E-state index in [0.717, 1.165) is 5.69 Å². The number of anilines is 1. The van der Waals surface area contributed by atoms with Crippen LogP contribution in [0, 0.1) is 24.0 Å². The highest BCUT2D eigenvalue weighted by atomic mass is 79.9. The van der Waals surface area contributed by atoms with Crippen molar-refractivity contribution in [1.82, 2.24) is 9.78 Å². The summed E-state index contributed by atoms with van der Waals surface area (Å²) in [5, 5.41) is 17.7. The summed E-state index contributed by atoms with van der Waals surface area (Å²) in [7, 11) is 0. The number of nitrogens with one attached hydrogen (secondary N) is 1. The smallest absolute Gasteiger partial charge is 0.342 e. The number of rotatable bonds is 6. The lowest BCUT2D eigenvalue weighted by Crippen LogP contribution is -2.21. The molecule has 1 amide bonds. The molecule has 9 nitrogen and oxygen atoms in total. The highest BCUT2D eigenvalue weighted by Gasteiger charge is 2.22. The van der Waals surface area contributed by atoms with Crippen LogP contribution in [0.2, 0.25) is 0 Å². The predicted octanol–water partition coefficient (Wildman–Crippen LogP) is 3.96. The maximum Gasteiger partial charge on any atom is 0.342 e. The van der Waals surface area contributed by atoms with Crippen LogP contribution in [0.3, 0.4) is 0 Å². The molecular formula is C20H17BrN4O5. The third kappa shape index (κ3) is 4.54. The zero-order valence-corrected chi connectivity index (χ0v) is 17.7. The van der Waals surface area contributed by atoms with Crippen LogP contribution in [-0.2, 0) is 9.53 Å². The van der Waals surface area contributed by atoms with Crippen molar-refractivity contribution in [3.63, 3.8) is 0 Å². The summed E-state index contributed by atoms with van der Waals surface area (Å²) < 4.78 is 7.13. The zero-order valence-electron chi connectivity index (χ0n) is 16.1. The van der Waals surface area contributed by atoms with Crippen LogP contribution in [0.15, 0.2) is 53.0 Å². The molecule has 0 fully saturated rings. The SMILES string of the molecule is Cc1nn(-c2ccccc2)c(C)c1C(=O)OCC(=O)Nc1ccc([N+](=O)[O-])cc1Br. The molecule has 10 heteroatoms. The van der Waals surface area contributed by atoms with Crippen LogP contribution >= 0.6 is 15.9 Å². The van der Waals surface area contributed by atoms with Crippen molar-refractivity contribution in [1.29, 1.82) is 0 Å². The molecule has 0 radical (unpaired) electrons. The van der Waals surface area contributed by atoms with Gasteiger partial charge in [-0.2, -0.15) is 5.10 Å². The van der Waals surface area contributed by atoms with Gasteiger partial charge in [0.2, 0.25) is 0 Å². The molecule has 0 aliphatic heterocycles. The first-order valence-corrected chi connectivity index (χ1v) is 9.59. The van der Waals surface area contributed by atoms with E-state index < -0.39 is 23.4 Å². The third-order valence-electron chi connectivity index (χ3n) is 4.27. The van der Waals surface area contributed by atoms with Crippen LogP contribution in [-0.4, -0.2) is 33.2 Å². The molecule has 0 bridgehead atoms. The summed E-state index contributed by atoms with van der Waals surface area (Å²) >= 11 is 3.17. The molecule has 2 aromatic carbocycles. The van der Waals surface area contributed by atoms with E-state index in [0.29, 0.717) is 27.1 Å². The predicted molar refractivity (Wildman–Crippen MR) is 113 cm³/mol. The number of nitro benzene ring substituents is 1. The Kier molecular flexibility index (Phi) is 6.26. The minimum atomic E-state index is -0.662. The molecule has 1 heterocycles. The normalized spacial score (nSPS) is 10.5. The van der Waals surface area contributed by atoms with Gasteiger partial charge in [-0.05, 0) is 48.0 Å². The van der Waals surface area contributed by atoms with Gasteiger partial charge in [-0.3, -0.25) is 14.9 Å². The first-order valence-electron chi connectivity index (χ1n) is 8.80. The maximum atomic E-state index is 12.5. The van der Waals surface area contributed by atoms with Crippen molar-refractivity contribution in [2.24, 2.45) is 0 Å². The minimum Gasteiger partial charge on any atom is -0.452 e. The van der Waals surface area contributed by atoms with Gasteiger partial charge in [0.15, 0.2) is 6.61 Å². The van der Waals surface area contributed by atoms with Gasteiger partial charge >= 0.3 is 5.97 Å². The molecule has 0 saturated heterocycles. The summed E-state index contributed by atoms with van der Waals surface area (Å²) in [4.78, 5) is 34.9. The fourth-order valence-corrected chi connectivity index (χ4v) is 3.33. The first kappa shape index (κ1) is 21.2. The number of carbonyl (C=O) groups is 2. The number of ether oxygens (including phenoxy) is 1. The van der Waals surface area contributed by atoms with Gasteiger partial charge in [0.25, 0.3) is 11.6 Å². The number of non-ortho nitro benzene ring substituents is 1. The largest absolute Gasteiger partial charge is 0.452 e. The van der Waals surface area contributed by atoms with Crippen LogP contribution < -0.4 is 5.32 Å². The van der Waals surface area contributed by atoms with E-state index in [2.05, 4.69) is 26.3 Å². The lowest BCUT2D eigenvalue weighted by atomic mass is 10.2. The second-order valence-corrected chi connectivity index (χ2v) is 7.19. The number of nitro groups is 1. The number of hydrogen-bond donors (Lipinski definition) is 1. The van der Waals surface area contributed by atoms with Gasteiger partial charge in [-0.1, -0.05) is 18.2 Å². The van der Waals surface area contributed by atoms with Gasteiger partial charge in [-0.25, -0.2) is 9.48 Å². The van der Waals surface area contributed by atoms with Crippen molar-refractivity contribution < 1.29 is 19.2 Å². The monoisotopic (exact) mass is 472 g/mol. The Morgan fingerprint density at radius 2 is 1.90 bits per heavy atom. The molecule has 154 valence electrons. The number of amides is 1. The molecular weight excluding hydrogens is 456 g/mol. The zero-order chi connectivity index (χ0) is 21.8. The third-order valence-corrected chi connectivity index (χ3v) is 4.92. The van der Waals surface area contributed by atoms with Gasteiger partial charge in [-0.15, -0.1) is 0 Å². The maximum absolute atomic E-state index is 12.5. The van der Waals surface area contributed by atoms with E-state index in [4.69, 9.17) is 4.74 Å². The molecule has 1 N–H and O–H groups in total. The number of esters is 1. The number of carbonyl (C=O) groups excluding carboxylic acids is 2. The number of aromatic nitrogens is 2. The van der Waals surface area contributed by atoms with Crippen molar-refractivity contribution in [2.45, 2.75) is 13.8 Å². The van der Waals surface area contributed by atoms with E-state index in [-0.39, 0.29) is 5.69 Å². The molecule has 0 atom stereocenters. The van der Waals surface area contributed by atoms with Crippen molar-refractivity contribution in [2.75, 3.05) is 11.9 Å². The summed E-state index contributed by atoms with van der Waals surface area (Å²) in [5.41, 5.74) is 2.39. The van der Waals surface area contributed by atoms with Crippen LogP contribution in [0.5, 0.6) is 0 Å². The lowest BCUT2D eigenvalue weighted by molar-refractivity contribution is -0.384. The number of halogens is 1. The van der Waals surface area contributed by atoms with Gasteiger partial charge in [0, 0.05) is 16.6 Å². The number of hydrogen-bond acceptors (Lipinski definition) is 6. The Labute approximate surface area is 179 Å². The van der Waals surface area contributed by atoms with Gasteiger partial charge < -0.3 is 10.1 Å². The Bertz CT molecular complexity index is 1130. The Hall–Kier alpha value is -3.53. The fraction of sp³-hybridized carbons (Fsp3) is 0.150. The molecule has 3 aromatic rings. The lowest BCUT2D eigenvalue weighted by Gasteiger charge is -2.09. The van der Waals surface area contributed by atoms with Crippen molar-refractivity contribution in [3.8, 4) is 5.69 Å². The fourth-order valence-electron chi connectivity index (χ4n) is 2.87. The Morgan fingerprint density at radius 1 is 1.20 bits per heavy atom. The minimum absolute atomic E-state index is 0.118. The molecule has 1 aromatic heterocycles. The molecule has 0 spiro atoms. The topological polar surface area (TPSA) is 116 Å². The highest BCUT2D eigenvalue weighted by molar-refractivity contribution is 9.10. The number of aryl methyl sites for hydroxylation is 1. The second kappa shape index (κ2) is 8.87. The molecule has 0 aliphatic rings. The van der Waals surface area contributed by atoms with E-state index in [1.165, 1.54) is 18.2 Å². The first-order chi connectivity index (χ1) is 14.3. The standard InChI is InChI=1S/C20H17BrN4O5/c1-12-19(13(2)24(23-12)14-6-4-3-5-7-14)20(27)30-11-18(26)22-17-9-8-15(25(28)29)10-16(17)21/h3-10H,11H2,1-2H3,(H,22,26). The molecule has 0 unspecified atom stereocenters. The van der Waals surface area contributed by atoms with E-state index in [1.54, 1.807) is 18.5 Å². The number of benzene rings is 2. The molecule has 3 rings (SSSR count). The Morgan fingerprint density at radius 3 is 2.53 bits per heavy atom. The van der Waals surface area contributed by atoms with E-state index in [1.807, 2.05) is 30.3 Å². The average Bonchev–Trinajstić information content (AvgIpc) is 3.02.